The van der Waals surface area contributed by atoms with E-state index in [0.717, 1.165) is 18.5 Å². The van der Waals surface area contributed by atoms with Crippen molar-refractivity contribution in [2.75, 3.05) is 26.2 Å². The zero-order valence-electron chi connectivity index (χ0n) is 12.1. The van der Waals surface area contributed by atoms with Gasteiger partial charge >= 0.3 is 0 Å². The highest BCUT2D eigenvalue weighted by atomic mass is 15.3. The summed E-state index contributed by atoms with van der Waals surface area (Å²) in [6.07, 6.45) is 6.93. The van der Waals surface area contributed by atoms with Gasteiger partial charge in [0.1, 0.15) is 0 Å². The first kappa shape index (κ1) is 12.9. The molecule has 3 nitrogen and oxygen atoms in total. The Hall–Kier alpha value is -0.120. The van der Waals surface area contributed by atoms with E-state index in [1.165, 1.54) is 51.7 Å². The second-order valence-electron chi connectivity index (χ2n) is 7.20. The van der Waals surface area contributed by atoms with Crippen LogP contribution in [-0.4, -0.2) is 53.6 Å². The van der Waals surface area contributed by atoms with Crippen LogP contribution in [0.2, 0.25) is 0 Å². The minimum Gasteiger partial charge on any atom is -0.324 e. The summed E-state index contributed by atoms with van der Waals surface area (Å²) in [7, 11) is 0. The molecule has 0 radical (unpaired) electrons. The molecular formula is C15H29N3. The third kappa shape index (κ3) is 2.59. The molecule has 3 heteroatoms. The largest absolute Gasteiger partial charge is 0.324 e. The molecule has 2 saturated heterocycles. The summed E-state index contributed by atoms with van der Waals surface area (Å²) in [6, 6.07) is 1.49. The van der Waals surface area contributed by atoms with Crippen LogP contribution in [0.25, 0.3) is 0 Å². The average molecular weight is 251 g/mol. The lowest BCUT2D eigenvalue weighted by Gasteiger charge is -2.49. The van der Waals surface area contributed by atoms with Gasteiger partial charge in [-0.05, 0) is 52.0 Å². The van der Waals surface area contributed by atoms with Gasteiger partial charge in [0.15, 0.2) is 0 Å². The fourth-order valence-electron chi connectivity index (χ4n) is 3.94. The zero-order chi connectivity index (χ0) is 12.8. The number of nitrogens with two attached hydrogens (primary N) is 1. The fourth-order valence-corrected chi connectivity index (χ4v) is 3.94. The first-order chi connectivity index (χ1) is 8.56. The van der Waals surface area contributed by atoms with Crippen molar-refractivity contribution in [2.24, 2.45) is 11.7 Å². The quantitative estimate of drug-likeness (QED) is 0.828. The number of hydrogen-bond acceptors (Lipinski definition) is 3. The number of piperazine rings is 1. The Bertz CT molecular complexity index is 298. The van der Waals surface area contributed by atoms with Gasteiger partial charge in [0, 0.05) is 37.3 Å². The van der Waals surface area contributed by atoms with Crippen LogP contribution >= 0.6 is 0 Å². The second-order valence-corrected chi connectivity index (χ2v) is 7.20. The van der Waals surface area contributed by atoms with Crippen LogP contribution < -0.4 is 5.73 Å². The molecule has 0 aromatic rings. The van der Waals surface area contributed by atoms with Gasteiger partial charge in [-0.2, -0.15) is 0 Å². The normalized spacial score (nSPS) is 38.2. The van der Waals surface area contributed by atoms with Gasteiger partial charge in [-0.25, -0.2) is 0 Å². The highest BCUT2D eigenvalue weighted by Crippen LogP contribution is 2.39. The van der Waals surface area contributed by atoms with Crippen LogP contribution in [0.4, 0.5) is 0 Å². The molecule has 0 amide bonds. The van der Waals surface area contributed by atoms with Crippen LogP contribution in [0.5, 0.6) is 0 Å². The van der Waals surface area contributed by atoms with Gasteiger partial charge < -0.3 is 5.73 Å². The van der Waals surface area contributed by atoms with Crippen LogP contribution in [0.15, 0.2) is 0 Å². The van der Waals surface area contributed by atoms with E-state index in [0.29, 0.717) is 6.04 Å². The molecule has 3 rings (SSSR count). The zero-order valence-corrected chi connectivity index (χ0v) is 12.1. The first-order valence-corrected chi connectivity index (χ1v) is 7.83. The Morgan fingerprint density at radius 1 is 1.17 bits per heavy atom. The van der Waals surface area contributed by atoms with Crippen LogP contribution in [-0.2, 0) is 0 Å². The Morgan fingerprint density at radius 2 is 1.94 bits per heavy atom. The van der Waals surface area contributed by atoms with Gasteiger partial charge in [-0.1, -0.05) is 6.42 Å². The predicted molar refractivity (Wildman–Crippen MR) is 75.6 cm³/mol. The molecule has 0 aromatic carbocycles. The van der Waals surface area contributed by atoms with Crippen molar-refractivity contribution in [1.29, 1.82) is 0 Å². The number of fused-ring (bicyclic) bond motifs is 1. The molecule has 0 spiro atoms. The number of rotatable bonds is 3. The third-order valence-electron chi connectivity index (χ3n) is 5.37. The molecule has 1 aliphatic carbocycles. The monoisotopic (exact) mass is 251 g/mol. The summed E-state index contributed by atoms with van der Waals surface area (Å²) in [4.78, 5) is 5.39. The minimum absolute atomic E-state index is 0.0467. The van der Waals surface area contributed by atoms with Crippen molar-refractivity contribution in [1.82, 2.24) is 9.80 Å². The van der Waals surface area contributed by atoms with E-state index in [9.17, 15) is 0 Å². The molecule has 0 bridgehead atoms. The van der Waals surface area contributed by atoms with Crippen molar-refractivity contribution in [3.63, 3.8) is 0 Å². The molecule has 3 unspecified atom stereocenters. The van der Waals surface area contributed by atoms with Gasteiger partial charge in [-0.3, -0.25) is 9.80 Å². The van der Waals surface area contributed by atoms with Gasteiger partial charge in [0.25, 0.3) is 0 Å². The summed E-state index contributed by atoms with van der Waals surface area (Å²) < 4.78 is 0. The molecule has 2 N–H and O–H groups in total. The Morgan fingerprint density at radius 3 is 2.67 bits per heavy atom. The molecule has 1 saturated carbocycles. The highest BCUT2D eigenvalue weighted by molar-refractivity contribution is 5.00. The maximum absolute atomic E-state index is 6.53. The van der Waals surface area contributed by atoms with Gasteiger partial charge in [0.2, 0.25) is 0 Å². The SMILES string of the molecule is CC1CN2CCCCC2CN1CC(C)(N)C1CC1. The van der Waals surface area contributed by atoms with E-state index in [1.807, 2.05) is 0 Å². The predicted octanol–water partition coefficient (Wildman–Crippen LogP) is 1.67. The van der Waals surface area contributed by atoms with Crippen molar-refractivity contribution < 1.29 is 0 Å². The van der Waals surface area contributed by atoms with Crippen molar-refractivity contribution in [2.45, 2.75) is 63.6 Å². The Kier molecular flexibility index (Phi) is 3.41. The van der Waals surface area contributed by atoms with Crippen molar-refractivity contribution in [3.05, 3.63) is 0 Å². The number of piperidine rings is 1. The summed E-state index contributed by atoms with van der Waals surface area (Å²) in [6.45, 7) is 9.58. The van der Waals surface area contributed by atoms with E-state index in [1.54, 1.807) is 0 Å². The van der Waals surface area contributed by atoms with E-state index < -0.39 is 0 Å². The maximum atomic E-state index is 6.53. The lowest BCUT2D eigenvalue weighted by atomic mass is 9.92. The van der Waals surface area contributed by atoms with Gasteiger partial charge in [-0.15, -0.1) is 0 Å². The van der Waals surface area contributed by atoms with Crippen molar-refractivity contribution >= 4 is 0 Å². The smallest absolute Gasteiger partial charge is 0.0283 e. The lowest BCUT2D eigenvalue weighted by molar-refractivity contribution is 0.00403. The summed E-state index contributed by atoms with van der Waals surface area (Å²) in [5.74, 6) is 0.786. The lowest BCUT2D eigenvalue weighted by Crippen LogP contribution is -2.62. The molecule has 3 fully saturated rings. The molecule has 104 valence electrons. The third-order valence-corrected chi connectivity index (χ3v) is 5.37. The number of hydrogen-bond donors (Lipinski definition) is 1. The molecular weight excluding hydrogens is 222 g/mol. The van der Waals surface area contributed by atoms with Gasteiger partial charge in [0.05, 0.1) is 0 Å². The van der Waals surface area contributed by atoms with Crippen LogP contribution in [0.1, 0.15) is 46.0 Å². The van der Waals surface area contributed by atoms with Crippen LogP contribution in [0, 0.1) is 5.92 Å². The maximum Gasteiger partial charge on any atom is 0.0283 e. The summed E-state index contributed by atoms with van der Waals surface area (Å²) >= 11 is 0. The topological polar surface area (TPSA) is 32.5 Å². The number of nitrogens with zero attached hydrogens (tertiary/aromatic N) is 2. The van der Waals surface area contributed by atoms with E-state index >= 15 is 0 Å². The molecule has 2 aliphatic heterocycles. The molecule has 0 aromatic heterocycles. The highest BCUT2D eigenvalue weighted by Gasteiger charge is 2.42. The molecule has 3 aliphatic rings. The Balaban J connectivity index is 1.61. The summed E-state index contributed by atoms with van der Waals surface area (Å²) in [5.41, 5.74) is 6.57. The summed E-state index contributed by atoms with van der Waals surface area (Å²) in [5, 5.41) is 0. The second kappa shape index (κ2) is 4.77. The fraction of sp³-hybridized carbons (Fsp3) is 1.00. The van der Waals surface area contributed by atoms with E-state index in [4.69, 9.17) is 5.73 Å². The standard InChI is InChI=1S/C15H29N3/c1-12-9-17-8-4-3-5-14(17)10-18(12)11-15(2,16)13-6-7-13/h12-14H,3-11,16H2,1-2H3. The first-order valence-electron chi connectivity index (χ1n) is 7.83. The van der Waals surface area contributed by atoms with E-state index in [-0.39, 0.29) is 5.54 Å². The molecule has 3 atom stereocenters. The van der Waals surface area contributed by atoms with Crippen molar-refractivity contribution in [3.8, 4) is 0 Å². The minimum atomic E-state index is 0.0467. The van der Waals surface area contributed by atoms with Crippen LogP contribution in [0.3, 0.4) is 0 Å². The molecule has 2 heterocycles. The molecule has 18 heavy (non-hydrogen) atoms. The Labute approximate surface area is 112 Å². The average Bonchev–Trinajstić information content (AvgIpc) is 3.14. The van der Waals surface area contributed by atoms with E-state index in [2.05, 4.69) is 23.6 Å².